The number of ether oxygens (including phenoxy) is 1. The van der Waals surface area contributed by atoms with Gasteiger partial charge in [-0.3, -0.25) is 10.1 Å². The first-order valence-corrected chi connectivity index (χ1v) is 4.89. The number of rotatable bonds is 3. The Bertz CT molecular complexity index is 585. The summed E-state index contributed by atoms with van der Waals surface area (Å²) in [5.74, 6) is 0.212. The smallest absolute Gasteiger partial charge is 0.311 e. The Hall–Kier alpha value is -2.77. The van der Waals surface area contributed by atoms with Crippen molar-refractivity contribution in [2.75, 3.05) is 12.8 Å². The van der Waals surface area contributed by atoms with Crippen LogP contribution in [0.15, 0.2) is 24.5 Å². The predicted octanol–water partition coefficient (Wildman–Crippen LogP) is 1.04. The molecule has 0 bridgehead atoms. The summed E-state index contributed by atoms with van der Waals surface area (Å²) in [5, 5.41) is 10.6. The van der Waals surface area contributed by atoms with Crippen LogP contribution in [-0.4, -0.2) is 27.0 Å². The maximum absolute atomic E-state index is 10.6. The molecule has 8 nitrogen and oxygen atoms in total. The van der Waals surface area contributed by atoms with Gasteiger partial charge in [0.05, 0.1) is 30.1 Å². The highest BCUT2D eigenvalue weighted by molar-refractivity contribution is 5.62. The van der Waals surface area contributed by atoms with Gasteiger partial charge in [0.15, 0.2) is 0 Å². The molecule has 0 amide bonds. The van der Waals surface area contributed by atoms with Gasteiger partial charge in [0, 0.05) is 6.07 Å². The lowest BCUT2D eigenvalue weighted by Crippen LogP contribution is -2.00. The van der Waals surface area contributed by atoms with Crippen molar-refractivity contribution in [2.24, 2.45) is 0 Å². The van der Waals surface area contributed by atoms with Gasteiger partial charge < -0.3 is 10.5 Å². The van der Waals surface area contributed by atoms with E-state index in [0.29, 0.717) is 17.3 Å². The van der Waals surface area contributed by atoms with E-state index in [-0.39, 0.29) is 11.5 Å². The number of hydrogen-bond acceptors (Lipinski definition) is 7. The van der Waals surface area contributed by atoms with Crippen molar-refractivity contribution >= 4 is 11.5 Å². The summed E-state index contributed by atoms with van der Waals surface area (Å²) in [5.41, 5.74) is 6.12. The largest absolute Gasteiger partial charge is 0.480 e. The third-order valence-corrected chi connectivity index (χ3v) is 2.20. The SMILES string of the molecule is COc1cnc(-c2ccc([N+](=O)[O-])c(N)n2)cn1. The van der Waals surface area contributed by atoms with Crippen molar-refractivity contribution in [3.8, 4) is 17.3 Å². The van der Waals surface area contributed by atoms with E-state index in [0.717, 1.165) is 0 Å². The van der Waals surface area contributed by atoms with Crippen LogP contribution in [0.1, 0.15) is 0 Å². The van der Waals surface area contributed by atoms with Crippen LogP contribution in [0.3, 0.4) is 0 Å². The molecule has 0 aromatic carbocycles. The zero-order chi connectivity index (χ0) is 13.1. The average molecular weight is 247 g/mol. The van der Waals surface area contributed by atoms with E-state index in [2.05, 4.69) is 15.0 Å². The molecule has 0 fully saturated rings. The summed E-state index contributed by atoms with van der Waals surface area (Å²) in [6.07, 6.45) is 2.88. The molecule has 2 N–H and O–H groups in total. The lowest BCUT2D eigenvalue weighted by atomic mass is 10.2. The van der Waals surface area contributed by atoms with Crippen molar-refractivity contribution in [1.82, 2.24) is 15.0 Å². The van der Waals surface area contributed by atoms with Crippen molar-refractivity contribution in [3.63, 3.8) is 0 Å². The first-order chi connectivity index (χ1) is 8.61. The van der Waals surface area contributed by atoms with Gasteiger partial charge in [-0.05, 0) is 6.07 Å². The van der Waals surface area contributed by atoms with E-state index in [1.54, 1.807) is 0 Å². The minimum atomic E-state index is -0.591. The Kier molecular flexibility index (Phi) is 3.00. The van der Waals surface area contributed by atoms with Gasteiger partial charge in [-0.25, -0.2) is 15.0 Å². The number of pyridine rings is 1. The van der Waals surface area contributed by atoms with Crippen molar-refractivity contribution in [3.05, 3.63) is 34.6 Å². The lowest BCUT2D eigenvalue weighted by Gasteiger charge is -2.02. The third-order valence-electron chi connectivity index (χ3n) is 2.20. The minimum absolute atomic E-state index is 0.157. The number of nitrogens with two attached hydrogens (primary N) is 1. The molecule has 2 rings (SSSR count). The van der Waals surface area contributed by atoms with Crippen LogP contribution in [0.25, 0.3) is 11.4 Å². The van der Waals surface area contributed by atoms with Crippen LogP contribution in [0.2, 0.25) is 0 Å². The molecular weight excluding hydrogens is 238 g/mol. The van der Waals surface area contributed by atoms with E-state index < -0.39 is 4.92 Å². The highest BCUT2D eigenvalue weighted by atomic mass is 16.6. The molecule has 0 saturated heterocycles. The van der Waals surface area contributed by atoms with Gasteiger partial charge >= 0.3 is 5.69 Å². The standard InChI is InChI=1S/C10H9N5O3/c1-18-9-5-12-7(4-13-9)6-2-3-8(15(16)17)10(11)14-6/h2-5H,1H3,(H2,11,14). The fourth-order valence-electron chi connectivity index (χ4n) is 1.32. The topological polar surface area (TPSA) is 117 Å². The van der Waals surface area contributed by atoms with Gasteiger partial charge in [0.25, 0.3) is 0 Å². The van der Waals surface area contributed by atoms with Crippen LogP contribution in [0, 0.1) is 10.1 Å². The van der Waals surface area contributed by atoms with Crippen molar-refractivity contribution < 1.29 is 9.66 Å². The van der Waals surface area contributed by atoms with E-state index in [1.165, 1.54) is 31.6 Å². The van der Waals surface area contributed by atoms with E-state index in [9.17, 15) is 10.1 Å². The molecule has 0 aliphatic rings. The molecule has 0 unspecified atom stereocenters. The monoisotopic (exact) mass is 247 g/mol. The second kappa shape index (κ2) is 4.62. The first kappa shape index (κ1) is 11.7. The Morgan fingerprint density at radius 2 is 2.06 bits per heavy atom. The molecule has 2 aromatic heterocycles. The summed E-state index contributed by atoms with van der Waals surface area (Å²) < 4.78 is 4.87. The molecule has 18 heavy (non-hydrogen) atoms. The Morgan fingerprint density at radius 1 is 1.28 bits per heavy atom. The zero-order valence-electron chi connectivity index (χ0n) is 9.40. The molecule has 0 spiro atoms. The van der Waals surface area contributed by atoms with E-state index in [1.807, 2.05) is 0 Å². The van der Waals surface area contributed by atoms with Crippen LogP contribution in [0.4, 0.5) is 11.5 Å². The molecule has 2 aromatic rings. The number of aromatic nitrogens is 3. The van der Waals surface area contributed by atoms with Gasteiger partial charge in [-0.15, -0.1) is 0 Å². The Balaban J connectivity index is 2.39. The second-order valence-electron chi connectivity index (χ2n) is 3.30. The molecule has 0 aliphatic heterocycles. The van der Waals surface area contributed by atoms with Crippen molar-refractivity contribution in [1.29, 1.82) is 0 Å². The summed E-state index contributed by atoms with van der Waals surface area (Å²) in [4.78, 5) is 21.9. The summed E-state index contributed by atoms with van der Waals surface area (Å²) in [6.45, 7) is 0. The minimum Gasteiger partial charge on any atom is -0.480 e. The van der Waals surface area contributed by atoms with E-state index >= 15 is 0 Å². The number of nitrogen functional groups attached to an aromatic ring is 1. The number of anilines is 1. The van der Waals surface area contributed by atoms with Crippen LogP contribution in [-0.2, 0) is 0 Å². The summed E-state index contributed by atoms with van der Waals surface area (Å²) >= 11 is 0. The maximum atomic E-state index is 10.6. The fraction of sp³-hybridized carbons (Fsp3) is 0.100. The number of hydrogen-bond donors (Lipinski definition) is 1. The van der Waals surface area contributed by atoms with Crippen molar-refractivity contribution in [2.45, 2.75) is 0 Å². The molecule has 0 atom stereocenters. The predicted molar refractivity (Wildman–Crippen MR) is 62.9 cm³/mol. The summed E-state index contributed by atoms with van der Waals surface area (Å²) in [6, 6.07) is 2.74. The van der Waals surface area contributed by atoms with Gasteiger partial charge in [0.2, 0.25) is 11.7 Å². The third kappa shape index (κ3) is 2.17. The maximum Gasteiger partial charge on any atom is 0.311 e. The average Bonchev–Trinajstić information content (AvgIpc) is 2.38. The molecular formula is C10H9N5O3. The summed E-state index contributed by atoms with van der Waals surface area (Å²) in [7, 11) is 1.48. The van der Waals surface area contributed by atoms with Crippen LogP contribution in [0.5, 0.6) is 5.88 Å². The second-order valence-corrected chi connectivity index (χ2v) is 3.30. The van der Waals surface area contributed by atoms with Gasteiger partial charge in [-0.2, -0.15) is 0 Å². The zero-order valence-corrected chi connectivity index (χ0v) is 9.40. The lowest BCUT2D eigenvalue weighted by molar-refractivity contribution is -0.384. The highest BCUT2D eigenvalue weighted by Crippen LogP contribution is 2.23. The fourth-order valence-corrected chi connectivity index (χ4v) is 1.32. The molecule has 2 heterocycles. The molecule has 8 heteroatoms. The van der Waals surface area contributed by atoms with Crippen LogP contribution >= 0.6 is 0 Å². The molecule has 0 aliphatic carbocycles. The number of methoxy groups -OCH3 is 1. The van der Waals surface area contributed by atoms with Crippen LogP contribution < -0.4 is 10.5 Å². The number of nitro groups is 1. The first-order valence-electron chi connectivity index (χ1n) is 4.89. The Morgan fingerprint density at radius 3 is 2.56 bits per heavy atom. The van der Waals surface area contributed by atoms with Gasteiger partial charge in [-0.1, -0.05) is 0 Å². The molecule has 0 radical (unpaired) electrons. The number of nitrogens with zero attached hydrogens (tertiary/aromatic N) is 4. The highest BCUT2D eigenvalue weighted by Gasteiger charge is 2.14. The van der Waals surface area contributed by atoms with Gasteiger partial charge in [0.1, 0.15) is 5.69 Å². The molecule has 92 valence electrons. The van der Waals surface area contributed by atoms with E-state index in [4.69, 9.17) is 10.5 Å². The Labute approximate surface area is 102 Å². The normalized spacial score (nSPS) is 10.1. The quantitative estimate of drug-likeness (QED) is 0.635. The molecule has 0 saturated carbocycles.